The van der Waals surface area contributed by atoms with Crippen molar-refractivity contribution < 1.29 is 0 Å². The summed E-state index contributed by atoms with van der Waals surface area (Å²) >= 11 is 5.81. The number of hydrogen-bond donors (Lipinski definition) is 1. The number of nitrogens with zero attached hydrogens (tertiary/aromatic N) is 1. The van der Waals surface area contributed by atoms with Crippen molar-refractivity contribution in [3.8, 4) is 0 Å². The second-order valence-electron chi connectivity index (χ2n) is 4.63. The van der Waals surface area contributed by atoms with Gasteiger partial charge in [0.05, 0.1) is 0 Å². The molecule has 0 saturated heterocycles. The van der Waals surface area contributed by atoms with E-state index >= 15 is 0 Å². The van der Waals surface area contributed by atoms with Gasteiger partial charge in [-0.1, -0.05) is 19.4 Å². The van der Waals surface area contributed by atoms with Gasteiger partial charge in [-0.15, -0.1) is 11.6 Å². The Balaban J connectivity index is 2.30. The minimum absolute atomic E-state index is 0.704. The van der Waals surface area contributed by atoms with Crippen molar-refractivity contribution in [2.45, 2.75) is 39.7 Å². The molecule has 2 nitrogen and oxygen atoms in total. The molecule has 1 atom stereocenters. The first kappa shape index (κ1) is 14.5. The van der Waals surface area contributed by atoms with Gasteiger partial charge in [-0.3, -0.25) is 4.98 Å². The highest BCUT2D eigenvalue weighted by Crippen LogP contribution is 2.11. The van der Waals surface area contributed by atoms with E-state index in [0.29, 0.717) is 5.92 Å². The van der Waals surface area contributed by atoms with Crippen LogP contribution in [0.3, 0.4) is 0 Å². The number of halogens is 1. The molecule has 1 aromatic heterocycles. The summed E-state index contributed by atoms with van der Waals surface area (Å²) in [4.78, 5) is 4.19. The van der Waals surface area contributed by atoms with Gasteiger partial charge in [0.1, 0.15) is 0 Å². The fourth-order valence-electron chi connectivity index (χ4n) is 2.05. The Morgan fingerprint density at radius 3 is 2.82 bits per heavy atom. The molecule has 0 aliphatic heterocycles. The molecule has 0 bridgehead atoms. The quantitative estimate of drug-likeness (QED) is 0.718. The number of nitrogens with one attached hydrogen (secondary N) is 1. The maximum Gasteiger partial charge on any atom is 0.0313 e. The molecule has 0 amide bonds. The monoisotopic (exact) mass is 254 g/mol. The van der Waals surface area contributed by atoms with E-state index in [0.717, 1.165) is 25.4 Å². The van der Waals surface area contributed by atoms with Gasteiger partial charge < -0.3 is 5.32 Å². The van der Waals surface area contributed by atoms with Gasteiger partial charge in [0.2, 0.25) is 0 Å². The largest absolute Gasteiger partial charge is 0.312 e. The number of alkyl halides is 1. The van der Waals surface area contributed by atoms with E-state index in [1.165, 1.54) is 24.0 Å². The molecule has 0 spiro atoms. The third-order valence-electron chi connectivity index (χ3n) is 2.91. The van der Waals surface area contributed by atoms with Crippen molar-refractivity contribution in [2.75, 3.05) is 12.4 Å². The van der Waals surface area contributed by atoms with Crippen molar-refractivity contribution >= 4 is 11.6 Å². The molecule has 3 heteroatoms. The lowest BCUT2D eigenvalue weighted by Gasteiger charge is -2.15. The maximum absolute atomic E-state index is 5.81. The molecule has 0 aliphatic carbocycles. The summed E-state index contributed by atoms with van der Waals surface area (Å²) in [6.45, 7) is 6.25. The van der Waals surface area contributed by atoms with E-state index < -0.39 is 0 Å². The van der Waals surface area contributed by atoms with E-state index in [1.807, 2.05) is 12.4 Å². The third kappa shape index (κ3) is 6.04. The second kappa shape index (κ2) is 8.48. The topological polar surface area (TPSA) is 24.9 Å². The van der Waals surface area contributed by atoms with Gasteiger partial charge in [-0.05, 0) is 43.4 Å². The van der Waals surface area contributed by atoms with Gasteiger partial charge in [0.15, 0.2) is 0 Å². The van der Waals surface area contributed by atoms with Crippen LogP contribution in [0.2, 0.25) is 0 Å². The van der Waals surface area contributed by atoms with Gasteiger partial charge in [0, 0.05) is 24.8 Å². The molecule has 17 heavy (non-hydrogen) atoms. The Kier molecular flexibility index (Phi) is 7.22. The Bertz CT molecular complexity index is 309. The van der Waals surface area contributed by atoms with E-state index in [9.17, 15) is 0 Å². The molecule has 0 fully saturated rings. The van der Waals surface area contributed by atoms with Gasteiger partial charge >= 0.3 is 0 Å². The van der Waals surface area contributed by atoms with Gasteiger partial charge in [-0.2, -0.15) is 0 Å². The minimum Gasteiger partial charge on any atom is -0.312 e. The number of aromatic nitrogens is 1. The zero-order valence-electron chi connectivity index (χ0n) is 10.9. The lowest BCUT2D eigenvalue weighted by atomic mass is 10.0. The van der Waals surface area contributed by atoms with Gasteiger partial charge in [-0.25, -0.2) is 0 Å². The molecule has 96 valence electrons. The van der Waals surface area contributed by atoms with Crippen LogP contribution in [0.5, 0.6) is 0 Å². The molecule has 0 saturated carbocycles. The van der Waals surface area contributed by atoms with Crippen molar-refractivity contribution in [1.82, 2.24) is 10.3 Å². The minimum atomic E-state index is 0.704. The maximum atomic E-state index is 5.81. The number of aryl methyl sites for hydroxylation is 1. The molecule has 0 aliphatic rings. The highest BCUT2D eigenvalue weighted by molar-refractivity contribution is 6.17. The first-order valence-electron chi connectivity index (χ1n) is 6.43. The molecular formula is C14H23ClN2. The number of pyridine rings is 1. The predicted molar refractivity (Wildman–Crippen MR) is 74.4 cm³/mol. The summed E-state index contributed by atoms with van der Waals surface area (Å²) in [5.74, 6) is 1.47. The summed E-state index contributed by atoms with van der Waals surface area (Å²) in [6.07, 6.45) is 7.41. The molecule has 0 aromatic carbocycles. The standard InChI is InChI=1S/C14H23ClN2/c1-3-4-13(5-6-15)9-17-11-14-7-12(2)8-16-10-14/h7-8,10,13,17H,3-6,9,11H2,1-2H3. The smallest absolute Gasteiger partial charge is 0.0313 e. The van der Waals surface area contributed by atoms with Crippen LogP contribution >= 0.6 is 11.6 Å². The van der Waals surface area contributed by atoms with E-state index in [2.05, 4.69) is 30.2 Å². The Labute approximate surface area is 110 Å². The Morgan fingerprint density at radius 1 is 1.35 bits per heavy atom. The fourth-order valence-corrected chi connectivity index (χ4v) is 2.35. The zero-order chi connectivity index (χ0) is 12.5. The van der Waals surface area contributed by atoms with Crippen LogP contribution in [-0.4, -0.2) is 17.4 Å². The molecule has 1 rings (SSSR count). The Hall–Kier alpha value is -0.600. The van der Waals surface area contributed by atoms with Crippen LogP contribution in [0, 0.1) is 12.8 Å². The van der Waals surface area contributed by atoms with Crippen LogP contribution in [0.25, 0.3) is 0 Å². The average molecular weight is 255 g/mol. The van der Waals surface area contributed by atoms with Crippen molar-refractivity contribution in [1.29, 1.82) is 0 Å². The number of hydrogen-bond acceptors (Lipinski definition) is 2. The first-order chi connectivity index (χ1) is 8.26. The lowest BCUT2D eigenvalue weighted by molar-refractivity contribution is 0.430. The summed E-state index contributed by atoms with van der Waals surface area (Å²) in [5.41, 5.74) is 2.47. The molecule has 0 radical (unpaired) electrons. The van der Waals surface area contributed by atoms with Gasteiger partial charge in [0.25, 0.3) is 0 Å². The van der Waals surface area contributed by atoms with Crippen molar-refractivity contribution in [3.05, 3.63) is 29.6 Å². The molecule has 1 heterocycles. The molecule has 1 unspecified atom stereocenters. The SMILES string of the molecule is CCCC(CCCl)CNCc1cncc(C)c1. The van der Waals surface area contributed by atoms with Crippen LogP contribution in [0.15, 0.2) is 18.5 Å². The average Bonchev–Trinajstić information content (AvgIpc) is 2.30. The second-order valence-corrected chi connectivity index (χ2v) is 5.01. The third-order valence-corrected chi connectivity index (χ3v) is 3.13. The Morgan fingerprint density at radius 2 is 2.18 bits per heavy atom. The zero-order valence-corrected chi connectivity index (χ0v) is 11.6. The van der Waals surface area contributed by atoms with Crippen molar-refractivity contribution in [2.24, 2.45) is 5.92 Å². The van der Waals surface area contributed by atoms with Crippen LogP contribution < -0.4 is 5.32 Å². The first-order valence-corrected chi connectivity index (χ1v) is 6.97. The van der Waals surface area contributed by atoms with Crippen molar-refractivity contribution in [3.63, 3.8) is 0 Å². The van der Waals surface area contributed by atoms with Crippen LogP contribution in [0.1, 0.15) is 37.3 Å². The van der Waals surface area contributed by atoms with Crippen LogP contribution in [0.4, 0.5) is 0 Å². The van der Waals surface area contributed by atoms with E-state index in [-0.39, 0.29) is 0 Å². The molecule has 1 aromatic rings. The highest BCUT2D eigenvalue weighted by atomic mass is 35.5. The normalized spacial score (nSPS) is 12.6. The summed E-state index contributed by atoms with van der Waals surface area (Å²) in [7, 11) is 0. The summed E-state index contributed by atoms with van der Waals surface area (Å²) in [5, 5.41) is 3.50. The summed E-state index contributed by atoms with van der Waals surface area (Å²) < 4.78 is 0. The highest BCUT2D eigenvalue weighted by Gasteiger charge is 2.06. The molecule has 1 N–H and O–H groups in total. The lowest BCUT2D eigenvalue weighted by Crippen LogP contribution is -2.23. The van der Waals surface area contributed by atoms with Crippen LogP contribution in [-0.2, 0) is 6.54 Å². The molecular weight excluding hydrogens is 232 g/mol. The summed E-state index contributed by atoms with van der Waals surface area (Å²) in [6, 6.07) is 2.18. The fraction of sp³-hybridized carbons (Fsp3) is 0.643. The van der Waals surface area contributed by atoms with E-state index in [4.69, 9.17) is 11.6 Å². The predicted octanol–water partition coefficient (Wildman–Crippen LogP) is 3.52. The number of rotatable bonds is 8. The van der Waals surface area contributed by atoms with E-state index in [1.54, 1.807) is 0 Å².